The number of methoxy groups -OCH3 is 2. The van der Waals surface area contributed by atoms with Crippen molar-refractivity contribution in [3.8, 4) is 11.5 Å². The van der Waals surface area contributed by atoms with E-state index < -0.39 is 0 Å². The van der Waals surface area contributed by atoms with Crippen molar-refractivity contribution in [2.75, 3.05) is 14.2 Å². The quantitative estimate of drug-likeness (QED) is 0.711. The van der Waals surface area contributed by atoms with Gasteiger partial charge in [0, 0.05) is 37.7 Å². The summed E-state index contributed by atoms with van der Waals surface area (Å²) in [5.74, 6) is 4.10. The maximum Gasteiger partial charge on any atom is 0.230 e. The molecule has 7 nitrogen and oxygen atoms in total. The summed E-state index contributed by atoms with van der Waals surface area (Å²) in [6.45, 7) is 0.938. The second kappa shape index (κ2) is 6.58. The molecule has 0 spiro atoms. The molecule has 0 saturated heterocycles. The smallest absolute Gasteiger partial charge is 0.230 e. The number of aromatic nitrogens is 4. The van der Waals surface area contributed by atoms with Gasteiger partial charge in [0.05, 0.1) is 14.2 Å². The zero-order chi connectivity index (χ0) is 17.2. The fourth-order valence-electron chi connectivity index (χ4n) is 3.24. The topological polar surface area (TPSA) is 75.2 Å². The Labute approximate surface area is 145 Å². The zero-order valence-electron chi connectivity index (χ0n) is 14.3. The van der Waals surface area contributed by atoms with Gasteiger partial charge in [0.2, 0.25) is 5.89 Å². The Hall–Kier alpha value is -2.83. The maximum absolute atomic E-state index is 5.52. The highest BCUT2D eigenvalue weighted by atomic mass is 16.5. The Balaban J connectivity index is 1.49. The van der Waals surface area contributed by atoms with Gasteiger partial charge < -0.3 is 18.6 Å². The molecule has 25 heavy (non-hydrogen) atoms. The minimum atomic E-state index is 0.238. The molecule has 2 aromatic heterocycles. The number of hydrogen-bond donors (Lipinski definition) is 0. The van der Waals surface area contributed by atoms with Crippen molar-refractivity contribution < 1.29 is 14.0 Å². The predicted molar refractivity (Wildman–Crippen MR) is 89.9 cm³/mol. The standard InChI is InChI=1S/C18H20N4O3/c1-23-14-4-3-12(9-15(14)24-2)10-16-20-18(25-21-16)13-5-7-22-8-6-19-17(22)11-13/h3-4,6,8-9,13H,5,7,10-11H2,1-2H3/t13-/m0/s1. The lowest BCUT2D eigenvalue weighted by Gasteiger charge is -2.19. The van der Waals surface area contributed by atoms with Crippen LogP contribution in [0, 0.1) is 0 Å². The van der Waals surface area contributed by atoms with E-state index in [0.29, 0.717) is 29.6 Å². The Morgan fingerprint density at radius 3 is 2.96 bits per heavy atom. The summed E-state index contributed by atoms with van der Waals surface area (Å²) in [5.41, 5.74) is 1.05. The summed E-state index contributed by atoms with van der Waals surface area (Å²) in [7, 11) is 3.25. The third kappa shape index (κ3) is 3.09. The van der Waals surface area contributed by atoms with Gasteiger partial charge in [0.25, 0.3) is 0 Å². The summed E-state index contributed by atoms with van der Waals surface area (Å²) in [5, 5.41) is 4.14. The first-order valence-electron chi connectivity index (χ1n) is 8.30. The molecule has 0 bridgehead atoms. The summed E-state index contributed by atoms with van der Waals surface area (Å²) >= 11 is 0. The summed E-state index contributed by atoms with van der Waals surface area (Å²) < 4.78 is 18.3. The van der Waals surface area contributed by atoms with Crippen LogP contribution in [0.5, 0.6) is 11.5 Å². The minimum Gasteiger partial charge on any atom is -0.493 e. The average molecular weight is 340 g/mol. The lowest BCUT2D eigenvalue weighted by atomic mass is 9.98. The van der Waals surface area contributed by atoms with E-state index in [4.69, 9.17) is 14.0 Å². The van der Waals surface area contributed by atoms with Gasteiger partial charge in [-0.15, -0.1) is 0 Å². The van der Waals surface area contributed by atoms with E-state index in [1.165, 1.54) is 0 Å². The van der Waals surface area contributed by atoms with Gasteiger partial charge in [-0.05, 0) is 24.1 Å². The lowest BCUT2D eigenvalue weighted by Crippen LogP contribution is -2.18. The second-order valence-corrected chi connectivity index (χ2v) is 6.14. The van der Waals surface area contributed by atoms with Crippen LogP contribution in [0.25, 0.3) is 0 Å². The largest absolute Gasteiger partial charge is 0.493 e. The normalized spacial score (nSPS) is 16.5. The van der Waals surface area contributed by atoms with E-state index in [9.17, 15) is 0 Å². The molecule has 3 heterocycles. The van der Waals surface area contributed by atoms with Gasteiger partial charge in [-0.25, -0.2) is 4.98 Å². The van der Waals surface area contributed by atoms with Crippen molar-refractivity contribution in [3.63, 3.8) is 0 Å². The van der Waals surface area contributed by atoms with Gasteiger partial charge in [0.1, 0.15) is 5.82 Å². The van der Waals surface area contributed by atoms with E-state index in [1.54, 1.807) is 14.2 Å². The van der Waals surface area contributed by atoms with Crippen molar-refractivity contribution in [1.82, 2.24) is 19.7 Å². The highest BCUT2D eigenvalue weighted by Crippen LogP contribution is 2.30. The van der Waals surface area contributed by atoms with Gasteiger partial charge in [-0.1, -0.05) is 11.2 Å². The zero-order valence-corrected chi connectivity index (χ0v) is 14.3. The molecule has 0 saturated carbocycles. The van der Waals surface area contributed by atoms with Crippen molar-refractivity contribution in [3.05, 3.63) is 53.7 Å². The lowest BCUT2D eigenvalue weighted by molar-refractivity contribution is 0.321. The SMILES string of the molecule is COc1ccc(Cc2noc([C@H]3CCn4ccnc4C3)n2)cc1OC. The molecule has 0 unspecified atom stereocenters. The number of benzene rings is 1. The van der Waals surface area contributed by atoms with Gasteiger partial charge >= 0.3 is 0 Å². The molecule has 130 valence electrons. The Kier molecular flexibility index (Phi) is 4.13. The minimum absolute atomic E-state index is 0.238. The molecule has 0 amide bonds. The second-order valence-electron chi connectivity index (χ2n) is 6.14. The van der Waals surface area contributed by atoms with Crippen LogP contribution in [0.4, 0.5) is 0 Å². The molecular weight excluding hydrogens is 320 g/mol. The van der Waals surface area contributed by atoms with E-state index in [2.05, 4.69) is 19.7 Å². The molecule has 0 fully saturated rings. The molecule has 1 aliphatic rings. The molecule has 0 aliphatic carbocycles. The Morgan fingerprint density at radius 1 is 1.24 bits per heavy atom. The first kappa shape index (κ1) is 15.7. The molecule has 3 aromatic rings. The van der Waals surface area contributed by atoms with Gasteiger partial charge in [0.15, 0.2) is 17.3 Å². The van der Waals surface area contributed by atoms with Crippen LogP contribution in [0.3, 0.4) is 0 Å². The maximum atomic E-state index is 5.52. The highest BCUT2D eigenvalue weighted by Gasteiger charge is 2.25. The van der Waals surface area contributed by atoms with E-state index in [0.717, 1.165) is 30.8 Å². The van der Waals surface area contributed by atoms with E-state index in [1.807, 2.05) is 30.6 Å². The van der Waals surface area contributed by atoms with Crippen LogP contribution < -0.4 is 9.47 Å². The van der Waals surface area contributed by atoms with Crippen molar-refractivity contribution in [1.29, 1.82) is 0 Å². The summed E-state index contributed by atoms with van der Waals surface area (Å²) in [6, 6.07) is 5.80. The van der Waals surface area contributed by atoms with Crippen LogP contribution in [0.15, 0.2) is 35.1 Å². The monoisotopic (exact) mass is 340 g/mol. The number of nitrogens with zero attached hydrogens (tertiary/aromatic N) is 4. The van der Waals surface area contributed by atoms with Gasteiger partial charge in [-0.2, -0.15) is 4.98 Å². The van der Waals surface area contributed by atoms with Gasteiger partial charge in [-0.3, -0.25) is 0 Å². The van der Waals surface area contributed by atoms with Crippen molar-refractivity contribution in [2.45, 2.75) is 31.7 Å². The number of ether oxygens (including phenoxy) is 2. The Bertz CT molecular complexity index is 871. The number of fused-ring (bicyclic) bond motifs is 1. The van der Waals surface area contributed by atoms with Crippen LogP contribution in [0.2, 0.25) is 0 Å². The number of rotatable bonds is 5. The first-order chi connectivity index (χ1) is 12.3. The molecule has 1 aliphatic heterocycles. The number of hydrogen-bond acceptors (Lipinski definition) is 6. The van der Waals surface area contributed by atoms with Crippen LogP contribution >= 0.6 is 0 Å². The van der Waals surface area contributed by atoms with Crippen molar-refractivity contribution >= 4 is 0 Å². The van der Waals surface area contributed by atoms with E-state index >= 15 is 0 Å². The van der Waals surface area contributed by atoms with Crippen LogP contribution in [-0.2, 0) is 19.4 Å². The summed E-state index contributed by atoms with van der Waals surface area (Å²) in [6.07, 6.45) is 6.27. The Morgan fingerprint density at radius 2 is 2.12 bits per heavy atom. The molecule has 4 rings (SSSR count). The fourth-order valence-corrected chi connectivity index (χ4v) is 3.24. The van der Waals surface area contributed by atoms with Crippen molar-refractivity contribution in [2.24, 2.45) is 0 Å². The molecule has 1 atom stereocenters. The average Bonchev–Trinajstić information content (AvgIpc) is 3.30. The molecule has 1 aromatic carbocycles. The third-order valence-electron chi connectivity index (χ3n) is 4.59. The molecule has 0 radical (unpaired) electrons. The predicted octanol–water partition coefficient (Wildman–Crippen LogP) is 2.60. The number of imidazole rings is 1. The highest BCUT2D eigenvalue weighted by molar-refractivity contribution is 5.43. The third-order valence-corrected chi connectivity index (χ3v) is 4.59. The van der Waals surface area contributed by atoms with E-state index in [-0.39, 0.29) is 5.92 Å². The first-order valence-corrected chi connectivity index (χ1v) is 8.30. The number of aryl methyl sites for hydroxylation is 1. The fraction of sp³-hybridized carbons (Fsp3) is 0.389. The molecule has 7 heteroatoms. The molecular formula is C18H20N4O3. The molecule has 0 N–H and O–H groups in total. The summed E-state index contributed by atoms with van der Waals surface area (Å²) in [4.78, 5) is 8.99. The van der Waals surface area contributed by atoms with Crippen LogP contribution in [0.1, 0.15) is 35.4 Å². The van der Waals surface area contributed by atoms with Crippen LogP contribution in [-0.4, -0.2) is 33.9 Å².